The van der Waals surface area contributed by atoms with E-state index in [1.165, 1.54) is 11.8 Å². The quantitative estimate of drug-likeness (QED) is 0.705. The van der Waals surface area contributed by atoms with Crippen molar-refractivity contribution < 1.29 is 9.90 Å². The van der Waals surface area contributed by atoms with Crippen LogP contribution in [0.2, 0.25) is 0 Å². The number of carboxylic acid groups (broad SMARTS) is 1. The number of rotatable bonds is 5. The van der Waals surface area contributed by atoms with Crippen LogP contribution in [0.4, 0.5) is 0 Å². The Hall–Kier alpha value is -2.60. The lowest BCUT2D eigenvalue weighted by molar-refractivity contribution is 0.0697. The van der Waals surface area contributed by atoms with Crippen molar-refractivity contribution in [2.75, 3.05) is 0 Å². The molecule has 0 saturated carbocycles. The molecule has 3 aromatic rings. The van der Waals surface area contributed by atoms with Gasteiger partial charge in [-0.05, 0) is 17.7 Å². The Morgan fingerprint density at radius 1 is 1.14 bits per heavy atom. The number of benzene rings is 2. The number of nitrogens with zero attached hydrogens (tertiary/aromatic N) is 2. The average Bonchev–Trinajstić information content (AvgIpc) is 3.03. The van der Waals surface area contributed by atoms with Crippen molar-refractivity contribution in [3.05, 3.63) is 65.7 Å². The zero-order valence-electron chi connectivity index (χ0n) is 11.6. The van der Waals surface area contributed by atoms with E-state index >= 15 is 0 Å². The molecule has 6 heteroatoms. The molecule has 110 valence electrons. The number of hydrogen-bond donors (Lipinski definition) is 2. The molecule has 2 aromatic carbocycles. The van der Waals surface area contributed by atoms with Gasteiger partial charge in [-0.25, -0.2) is 9.78 Å². The zero-order valence-corrected chi connectivity index (χ0v) is 12.4. The van der Waals surface area contributed by atoms with Crippen LogP contribution in [0.1, 0.15) is 15.9 Å². The average molecular weight is 311 g/mol. The first-order chi connectivity index (χ1) is 10.7. The molecule has 0 unspecified atom stereocenters. The third-order valence-electron chi connectivity index (χ3n) is 3.05. The summed E-state index contributed by atoms with van der Waals surface area (Å²) in [6.07, 6.45) is 0. The summed E-state index contributed by atoms with van der Waals surface area (Å²) in [5, 5.41) is 16.7. The molecule has 1 aromatic heterocycles. The summed E-state index contributed by atoms with van der Waals surface area (Å²) in [6, 6.07) is 16.7. The second kappa shape index (κ2) is 6.44. The number of hydrogen-bond acceptors (Lipinski definition) is 4. The third kappa shape index (κ3) is 3.35. The van der Waals surface area contributed by atoms with Gasteiger partial charge in [-0.15, -0.1) is 5.10 Å². The zero-order chi connectivity index (χ0) is 15.4. The van der Waals surface area contributed by atoms with Gasteiger partial charge >= 0.3 is 5.97 Å². The molecule has 3 rings (SSSR count). The Bertz CT molecular complexity index is 787. The maximum atomic E-state index is 11.0. The number of aromatic carboxylic acids is 1. The van der Waals surface area contributed by atoms with Crippen LogP contribution in [0, 0.1) is 0 Å². The van der Waals surface area contributed by atoms with Crippen LogP contribution in [0.25, 0.3) is 11.4 Å². The lowest BCUT2D eigenvalue weighted by Gasteiger charge is -2.00. The van der Waals surface area contributed by atoms with Crippen LogP contribution >= 0.6 is 11.8 Å². The first kappa shape index (κ1) is 14.3. The summed E-state index contributed by atoms with van der Waals surface area (Å²) in [5.41, 5.74) is 2.20. The Kier molecular flexibility index (Phi) is 4.20. The van der Waals surface area contributed by atoms with E-state index in [4.69, 9.17) is 5.11 Å². The monoisotopic (exact) mass is 311 g/mol. The van der Waals surface area contributed by atoms with Gasteiger partial charge in [-0.2, -0.15) is 0 Å². The fraction of sp³-hybridized carbons (Fsp3) is 0.0625. The van der Waals surface area contributed by atoms with Gasteiger partial charge in [0.1, 0.15) is 0 Å². The number of carboxylic acids is 1. The molecule has 0 aliphatic heterocycles. The van der Waals surface area contributed by atoms with E-state index in [1.807, 2.05) is 36.4 Å². The molecule has 0 atom stereocenters. The number of aromatic nitrogens is 3. The molecule has 5 nitrogen and oxygen atoms in total. The first-order valence-corrected chi connectivity index (χ1v) is 7.64. The van der Waals surface area contributed by atoms with Gasteiger partial charge in [0, 0.05) is 11.3 Å². The van der Waals surface area contributed by atoms with E-state index in [9.17, 15) is 4.79 Å². The standard InChI is InChI=1S/C16H13N3O2S/c20-15(21)13-8-4-5-11(9-13)10-22-16-17-14(18-19-16)12-6-2-1-3-7-12/h1-9H,10H2,(H,20,21)(H,17,18,19). The first-order valence-electron chi connectivity index (χ1n) is 6.65. The lowest BCUT2D eigenvalue weighted by atomic mass is 10.1. The molecule has 0 amide bonds. The van der Waals surface area contributed by atoms with Crippen molar-refractivity contribution in [3.63, 3.8) is 0 Å². The van der Waals surface area contributed by atoms with Gasteiger partial charge in [0.25, 0.3) is 0 Å². The summed E-state index contributed by atoms with van der Waals surface area (Å²) < 4.78 is 0. The van der Waals surface area contributed by atoms with Crippen LogP contribution in [-0.2, 0) is 5.75 Å². The summed E-state index contributed by atoms with van der Waals surface area (Å²) in [4.78, 5) is 15.4. The van der Waals surface area contributed by atoms with E-state index in [0.29, 0.717) is 10.9 Å². The molecule has 0 radical (unpaired) electrons. The van der Waals surface area contributed by atoms with E-state index < -0.39 is 5.97 Å². The molecule has 0 fully saturated rings. The minimum absolute atomic E-state index is 0.290. The maximum absolute atomic E-state index is 11.0. The topological polar surface area (TPSA) is 78.9 Å². The van der Waals surface area contributed by atoms with Crippen LogP contribution < -0.4 is 0 Å². The molecule has 1 heterocycles. The van der Waals surface area contributed by atoms with E-state index in [0.717, 1.165) is 17.0 Å². The predicted octanol–water partition coefficient (Wildman–Crippen LogP) is 3.46. The number of aromatic amines is 1. The van der Waals surface area contributed by atoms with Crippen LogP contribution in [0.5, 0.6) is 0 Å². The summed E-state index contributed by atoms with van der Waals surface area (Å²) in [7, 11) is 0. The smallest absolute Gasteiger partial charge is 0.335 e. The van der Waals surface area contributed by atoms with E-state index in [-0.39, 0.29) is 5.56 Å². The number of nitrogens with one attached hydrogen (secondary N) is 1. The molecule has 0 saturated heterocycles. The van der Waals surface area contributed by atoms with Crippen LogP contribution in [-0.4, -0.2) is 26.3 Å². The van der Waals surface area contributed by atoms with Gasteiger partial charge < -0.3 is 5.11 Å². The van der Waals surface area contributed by atoms with Crippen molar-refractivity contribution >= 4 is 17.7 Å². The highest BCUT2D eigenvalue weighted by molar-refractivity contribution is 7.98. The normalized spacial score (nSPS) is 10.5. The van der Waals surface area contributed by atoms with E-state index in [1.54, 1.807) is 18.2 Å². The Labute approximate surface area is 131 Å². The number of H-pyrrole nitrogens is 1. The van der Waals surface area contributed by atoms with Crippen molar-refractivity contribution in [2.45, 2.75) is 10.9 Å². The predicted molar refractivity (Wildman–Crippen MR) is 84.8 cm³/mol. The highest BCUT2D eigenvalue weighted by atomic mass is 32.2. The Balaban J connectivity index is 1.69. The second-order valence-corrected chi connectivity index (χ2v) is 5.57. The summed E-state index contributed by atoms with van der Waals surface area (Å²) in [6.45, 7) is 0. The van der Waals surface area contributed by atoms with Gasteiger partial charge in [0.05, 0.1) is 5.56 Å². The lowest BCUT2D eigenvalue weighted by Crippen LogP contribution is -1.96. The number of thioether (sulfide) groups is 1. The van der Waals surface area contributed by atoms with Crippen LogP contribution in [0.15, 0.2) is 59.8 Å². The van der Waals surface area contributed by atoms with Crippen molar-refractivity contribution in [3.8, 4) is 11.4 Å². The molecular weight excluding hydrogens is 298 g/mol. The van der Waals surface area contributed by atoms with Crippen molar-refractivity contribution in [1.82, 2.24) is 15.2 Å². The molecule has 2 N–H and O–H groups in total. The molecule has 22 heavy (non-hydrogen) atoms. The molecule has 0 spiro atoms. The maximum Gasteiger partial charge on any atom is 0.335 e. The van der Waals surface area contributed by atoms with Crippen molar-refractivity contribution in [1.29, 1.82) is 0 Å². The van der Waals surface area contributed by atoms with Crippen molar-refractivity contribution in [2.24, 2.45) is 0 Å². The van der Waals surface area contributed by atoms with Crippen LogP contribution in [0.3, 0.4) is 0 Å². The fourth-order valence-corrected chi connectivity index (χ4v) is 2.72. The minimum atomic E-state index is -0.920. The highest BCUT2D eigenvalue weighted by Gasteiger charge is 2.07. The second-order valence-electron chi connectivity index (χ2n) is 4.63. The molecule has 0 aliphatic rings. The fourth-order valence-electron chi connectivity index (χ4n) is 1.98. The van der Waals surface area contributed by atoms with Gasteiger partial charge in [-0.1, -0.05) is 54.2 Å². The van der Waals surface area contributed by atoms with Gasteiger partial charge in [0.2, 0.25) is 5.16 Å². The minimum Gasteiger partial charge on any atom is -0.478 e. The third-order valence-corrected chi connectivity index (χ3v) is 3.97. The molecule has 0 aliphatic carbocycles. The van der Waals surface area contributed by atoms with Gasteiger partial charge in [-0.3, -0.25) is 5.10 Å². The number of carbonyl (C=O) groups is 1. The highest BCUT2D eigenvalue weighted by Crippen LogP contribution is 2.22. The summed E-state index contributed by atoms with van der Waals surface area (Å²) in [5.74, 6) is 0.422. The molecular formula is C16H13N3O2S. The summed E-state index contributed by atoms with van der Waals surface area (Å²) >= 11 is 1.46. The van der Waals surface area contributed by atoms with E-state index in [2.05, 4.69) is 15.2 Å². The van der Waals surface area contributed by atoms with Gasteiger partial charge in [0.15, 0.2) is 5.82 Å². The Morgan fingerprint density at radius 2 is 1.95 bits per heavy atom. The molecule has 0 bridgehead atoms. The Morgan fingerprint density at radius 3 is 2.73 bits per heavy atom. The largest absolute Gasteiger partial charge is 0.478 e. The SMILES string of the molecule is O=C(O)c1cccc(CSc2n[nH]c(-c3ccccc3)n2)c1.